The van der Waals surface area contributed by atoms with E-state index in [1.54, 1.807) is 11.6 Å². The summed E-state index contributed by atoms with van der Waals surface area (Å²) in [6, 6.07) is 7.62. The van der Waals surface area contributed by atoms with Crippen LogP contribution in [0.1, 0.15) is 21.7 Å². The minimum Gasteiger partial charge on any atom is -0.379 e. The Balaban J connectivity index is 1.67. The number of aromatic nitrogens is 2. The lowest BCUT2D eigenvalue weighted by molar-refractivity contribution is 0.0730. The van der Waals surface area contributed by atoms with E-state index in [1.165, 1.54) is 4.31 Å². The predicted molar refractivity (Wildman–Crippen MR) is 109 cm³/mol. The first-order chi connectivity index (χ1) is 13.3. The standard InChI is InChI=1S/C18H23BrN4O4S/c1-13-17(14(2)23(21-13)16-5-3-15(19)4-6-16)18(24)20-7-12-28(25,26)22-8-10-27-11-9-22/h3-6H,7-12H2,1-2H3,(H,20,24). The second-order valence-electron chi connectivity index (χ2n) is 6.52. The summed E-state index contributed by atoms with van der Waals surface area (Å²) in [5.74, 6) is -0.465. The molecule has 0 spiro atoms. The summed E-state index contributed by atoms with van der Waals surface area (Å²) in [4.78, 5) is 12.6. The number of nitrogens with one attached hydrogen (secondary N) is 1. The van der Waals surface area contributed by atoms with Crippen LogP contribution in [0.4, 0.5) is 0 Å². The molecule has 1 saturated heterocycles. The van der Waals surface area contributed by atoms with E-state index in [2.05, 4.69) is 26.3 Å². The smallest absolute Gasteiger partial charge is 0.255 e. The normalized spacial score (nSPS) is 15.5. The number of amides is 1. The molecule has 2 heterocycles. The second-order valence-corrected chi connectivity index (χ2v) is 9.52. The molecule has 28 heavy (non-hydrogen) atoms. The lowest BCUT2D eigenvalue weighted by Gasteiger charge is -2.26. The molecule has 0 radical (unpaired) electrons. The number of nitrogens with zero attached hydrogens (tertiary/aromatic N) is 3. The molecule has 1 N–H and O–H groups in total. The van der Waals surface area contributed by atoms with Gasteiger partial charge in [-0.1, -0.05) is 15.9 Å². The Morgan fingerprint density at radius 2 is 1.86 bits per heavy atom. The van der Waals surface area contributed by atoms with Crippen LogP contribution < -0.4 is 5.32 Å². The van der Waals surface area contributed by atoms with Crippen LogP contribution in [0.15, 0.2) is 28.7 Å². The molecular weight excluding hydrogens is 448 g/mol. The maximum Gasteiger partial charge on any atom is 0.255 e. The van der Waals surface area contributed by atoms with Crippen molar-refractivity contribution in [3.63, 3.8) is 0 Å². The molecule has 1 aromatic carbocycles. The number of carbonyl (C=O) groups excluding carboxylic acids is 1. The molecule has 0 unspecified atom stereocenters. The largest absolute Gasteiger partial charge is 0.379 e. The van der Waals surface area contributed by atoms with Crippen molar-refractivity contribution in [2.75, 3.05) is 38.6 Å². The molecule has 3 rings (SSSR count). The summed E-state index contributed by atoms with van der Waals surface area (Å²) in [6.45, 7) is 5.14. The average Bonchev–Trinajstić information content (AvgIpc) is 2.97. The third kappa shape index (κ3) is 4.62. The number of sulfonamides is 1. The Hall–Kier alpha value is -1.75. The van der Waals surface area contributed by atoms with Crippen molar-refractivity contribution in [2.24, 2.45) is 0 Å². The van der Waals surface area contributed by atoms with Gasteiger partial charge < -0.3 is 10.1 Å². The first-order valence-electron chi connectivity index (χ1n) is 8.95. The first kappa shape index (κ1) is 21.0. The van der Waals surface area contributed by atoms with Crippen LogP contribution in [0, 0.1) is 13.8 Å². The van der Waals surface area contributed by atoms with Gasteiger partial charge in [0.1, 0.15) is 0 Å². The Kier molecular flexibility index (Phi) is 6.54. The molecule has 1 amide bonds. The molecule has 0 bridgehead atoms. The summed E-state index contributed by atoms with van der Waals surface area (Å²) in [7, 11) is -3.41. The number of hydrogen-bond donors (Lipinski definition) is 1. The third-order valence-electron chi connectivity index (χ3n) is 4.60. The van der Waals surface area contributed by atoms with Crippen LogP contribution in [0.5, 0.6) is 0 Å². The molecule has 1 aliphatic rings. The monoisotopic (exact) mass is 470 g/mol. The van der Waals surface area contributed by atoms with E-state index >= 15 is 0 Å². The number of carbonyl (C=O) groups is 1. The van der Waals surface area contributed by atoms with Crippen molar-refractivity contribution < 1.29 is 17.9 Å². The highest BCUT2D eigenvalue weighted by molar-refractivity contribution is 9.10. The van der Waals surface area contributed by atoms with Gasteiger partial charge >= 0.3 is 0 Å². The number of halogens is 1. The summed E-state index contributed by atoms with van der Waals surface area (Å²) < 4.78 is 34.0. The van der Waals surface area contributed by atoms with Crippen molar-refractivity contribution >= 4 is 31.9 Å². The fourth-order valence-electron chi connectivity index (χ4n) is 3.14. The number of benzene rings is 1. The van der Waals surface area contributed by atoms with Crippen LogP contribution in [0.2, 0.25) is 0 Å². The van der Waals surface area contributed by atoms with Gasteiger partial charge in [-0.2, -0.15) is 9.40 Å². The number of rotatable bonds is 6. The van der Waals surface area contributed by atoms with Gasteiger partial charge in [0.25, 0.3) is 5.91 Å². The van der Waals surface area contributed by atoms with Gasteiger partial charge in [0.2, 0.25) is 10.0 Å². The van der Waals surface area contributed by atoms with Crippen molar-refractivity contribution in [3.8, 4) is 5.69 Å². The van der Waals surface area contributed by atoms with E-state index in [0.29, 0.717) is 43.3 Å². The highest BCUT2D eigenvalue weighted by Gasteiger charge is 2.25. The Morgan fingerprint density at radius 1 is 1.21 bits per heavy atom. The SMILES string of the molecule is Cc1nn(-c2ccc(Br)cc2)c(C)c1C(=O)NCCS(=O)(=O)N1CCOCC1. The van der Waals surface area contributed by atoms with Crippen LogP contribution >= 0.6 is 15.9 Å². The lowest BCUT2D eigenvalue weighted by Crippen LogP contribution is -2.43. The van der Waals surface area contributed by atoms with E-state index in [-0.39, 0.29) is 18.2 Å². The Bertz CT molecular complexity index is 951. The molecule has 152 valence electrons. The van der Waals surface area contributed by atoms with E-state index < -0.39 is 10.0 Å². The van der Waals surface area contributed by atoms with E-state index in [0.717, 1.165) is 10.2 Å². The summed E-state index contributed by atoms with van der Waals surface area (Å²) >= 11 is 3.40. The van der Waals surface area contributed by atoms with Crippen LogP contribution in [0.3, 0.4) is 0 Å². The quantitative estimate of drug-likeness (QED) is 0.692. The van der Waals surface area contributed by atoms with Crippen molar-refractivity contribution in [3.05, 3.63) is 45.7 Å². The van der Waals surface area contributed by atoms with Gasteiger partial charge in [-0.05, 0) is 38.1 Å². The minimum atomic E-state index is -3.41. The summed E-state index contributed by atoms with van der Waals surface area (Å²) in [5, 5.41) is 7.17. The molecule has 1 fully saturated rings. The molecule has 8 nitrogen and oxygen atoms in total. The van der Waals surface area contributed by atoms with Crippen molar-refractivity contribution in [2.45, 2.75) is 13.8 Å². The van der Waals surface area contributed by atoms with Gasteiger partial charge in [0, 0.05) is 24.1 Å². The number of aryl methyl sites for hydroxylation is 1. The highest BCUT2D eigenvalue weighted by atomic mass is 79.9. The zero-order valence-electron chi connectivity index (χ0n) is 15.8. The van der Waals surface area contributed by atoms with Crippen LogP contribution in [-0.2, 0) is 14.8 Å². The number of hydrogen-bond acceptors (Lipinski definition) is 5. The molecule has 10 heteroatoms. The molecule has 0 aliphatic carbocycles. The fraction of sp³-hybridized carbons (Fsp3) is 0.444. The zero-order chi connectivity index (χ0) is 20.3. The molecular formula is C18H23BrN4O4S. The average molecular weight is 471 g/mol. The van der Waals surface area contributed by atoms with Gasteiger partial charge in [-0.25, -0.2) is 13.1 Å². The second kappa shape index (κ2) is 8.73. The van der Waals surface area contributed by atoms with E-state index in [1.807, 2.05) is 31.2 Å². The van der Waals surface area contributed by atoms with E-state index in [4.69, 9.17) is 4.74 Å². The maximum atomic E-state index is 12.6. The van der Waals surface area contributed by atoms with Gasteiger partial charge in [0.15, 0.2) is 0 Å². The first-order valence-corrected chi connectivity index (χ1v) is 11.4. The summed E-state index contributed by atoms with van der Waals surface area (Å²) in [6.07, 6.45) is 0. The molecule has 1 aromatic heterocycles. The number of morpholine rings is 1. The third-order valence-corrected chi connectivity index (χ3v) is 7.00. The number of ether oxygens (including phenoxy) is 1. The molecule has 1 aliphatic heterocycles. The Labute approximate surface area is 173 Å². The molecule has 0 saturated carbocycles. The lowest BCUT2D eigenvalue weighted by atomic mass is 10.2. The minimum absolute atomic E-state index is 0.0425. The summed E-state index contributed by atoms with van der Waals surface area (Å²) in [5.41, 5.74) is 2.60. The molecule has 0 atom stereocenters. The van der Waals surface area contributed by atoms with E-state index in [9.17, 15) is 13.2 Å². The molecule has 2 aromatic rings. The zero-order valence-corrected chi connectivity index (χ0v) is 18.2. The highest BCUT2D eigenvalue weighted by Crippen LogP contribution is 2.19. The Morgan fingerprint density at radius 3 is 2.50 bits per heavy atom. The van der Waals surface area contributed by atoms with Gasteiger partial charge in [-0.3, -0.25) is 4.79 Å². The maximum absolute atomic E-state index is 12.6. The predicted octanol–water partition coefficient (Wildman–Crippen LogP) is 1.64. The fourth-order valence-corrected chi connectivity index (χ4v) is 4.73. The van der Waals surface area contributed by atoms with Gasteiger partial charge in [0.05, 0.1) is 41.6 Å². The van der Waals surface area contributed by atoms with Crippen molar-refractivity contribution in [1.82, 2.24) is 19.4 Å². The van der Waals surface area contributed by atoms with Crippen LogP contribution in [-0.4, -0.2) is 67.0 Å². The van der Waals surface area contributed by atoms with Crippen molar-refractivity contribution in [1.29, 1.82) is 0 Å². The topological polar surface area (TPSA) is 93.5 Å². The van der Waals surface area contributed by atoms with Crippen LogP contribution in [0.25, 0.3) is 5.69 Å². The van der Waals surface area contributed by atoms with Gasteiger partial charge in [-0.15, -0.1) is 0 Å².